The first-order valence-corrected chi connectivity index (χ1v) is 11.5. The number of benzene rings is 1. The van der Waals surface area contributed by atoms with Crippen LogP contribution < -0.4 is 10.6 Å². The minimum absolute atomic E-state index is 0.0630. The number of halogens is 1. The first-order chi connectivity index (χ1) is 16.9. The number of amides is 1. The number of imidazole rings is 1. The van der Waals surface area contributed by atoms with E-state index < -0.39 is 18.4 Å². The molecule has 1 aromatic carbocycles. The molecule has 0 radical (unpaired) electrons. The van der Waals surface area contributed by atoms with Crippen LogP contribution in [0.1, 0.15) is 31.2 Å². The molecule has 180 valence electrons. The number of fused-ring (bicyclic) bond motifs is 1. The molecule has 10 nitrogen and oxygen atoms in total. The van der Waals surface area contributed by atoms with E-state index in [4.69, 9.17) is 26.3 Å². The molecule has 5 rings (SSSR count). The molecule has 0 bridgehead atoms. The molecule has 1 amide bonds. The molecule has 4 heterocycles. The van der Waals surface area contributed by atoms with Crippen molar-refractivity contribution in [3.63, 3.8) is 0 Å². The van der Waals surface area contributed by atoms with Gasteiger partial charge in [0.05, 0.1) is 23.5 Å². The Kier molecular flexibility index (Phi) is 6.33. The van der Waals surface area contributed by atoms with Crippen LogP contribution in [0, 0.1) is 0 Å². The number of rotatable bonds is 6. The fraction of sp³-hybridized carbons (Fsp3) is 0.292. The van der Waals surface area contributed by atoms with Crippen molar-refractivity contribution in [1.82, 2.24) is 29.8 Å². The number of hydrogen-bond acceptors (Lipinski definition) is 8. The molecular formula is C24H24ClN7O3. The number of aromatic nitrogens is 5. The van der Waals surface area contributed by atoms with Gasteiger partial charge >= 0.3 is 0 Å². The van der Waals surface area contributed by atoms with E-state index in [9.17, 15) is 9.90 Å². The van der Waals surface area contributed by atoms with Crippen LogP contribution >= 0.6 is 11.6 Å². The Morgan fingerprint density at radius 2 is 2.06 bits per heavy atom. The molecule has 35 heavy (non-hydrogen) atoms. The summed E-state index contributed by atoms with van der Waals surface area (Å²) in [6, 6.07) is 11.7. The lowest BCUT2D eigenvalue weighted by molar-refractivity contribution is -0.137. The van der Waals surface area contributed by atoms with Crippen molar-refractivity contribution in [2.75, 3.05) is 12.4 Å². The fourth-order valence-corrected chi connectivity index (χ4v) is 4.30. The van der Waals surface area contributed by atoms with Crippen LogP contribution in [-0.2, 0) is 9.53 Å². The van der Waals surface area contributed by atoms with Gasteiger partial charge in [-0.1, -0.05) is 41.9 Å². The van der Waals surface area contributed by atoms with Gasteiger partial charge in [-0.25, -0.2) is 15.0 Å². The maximum Gasteiger partial charge on any atom is 0.251 e. The predicted molar refractivity (Wildman–Crippen MR) is 131 cm³/mol. The fourth-order valence-electron chi connectivity index (χ4n) is 4.12. The zero-order valence-corrected chi connectivity index (χ0v) is 19.8. The van der Waals surface area contributed by atoms with Crippen molar-refractivity contribution >= 4 is 34.5 Å². The Labute approximate surface area is 206 Å². The van der Waals surface area contributed by atoms with E-state index in [0.29, 0.717) is 33.4 Å². The van der Waals surface area contributed by atoms with Gasteiger partial charge in [0.1, 0.15) is 6.23 Å². The summed E-state index contributed by atoms with van der Waals surface area (Å²) in [7, 11) is 1.50. The third kappa shape index (κ3) is 4.55. The molecule has 4 aromatic rings. The highest BCUT2D eigenvalue weighted by atomic mass is 35.5. The number of pyridine rings is 1. The summed E-state index contributed by atoms with van der Waals surface area (Å²) in [6.45, 7) is 2.03. The van der Waals surface area contributed by atoms with E-state index in [1.807, 2.05) is 37.3 Å². The van der Waals surface area contributed by atoms with Gasteiger partial charge in [0.25, 0.3) is 5.91 Å². The summed E-state index contributed by atoms with van der Waals surface area (Å²) in [5, 5.41) is 16.8. The van der Waals surface area contributed by atoms with Gasteiger partial charge < -0.3 is 20.5 Å². The molecule has 0 spiro atoms. The maximum absolute atomic E-state index is 12.1. The lowest BCUT2D eigenvalue weighted by Crippen LogP contribution is -2.38. The highest BCUT2D eigenvalue weighted by Crippen LogP contribution is 2.34. The van der Waals surface area contributed by atoms with Gasteiger partial charge in [-0.05, 0) is 18.6 Å². The zero-order chi connectivity index (χ0) is 24.5. The molecule has 3 aromatic heterocycles. The van der Waals surface area contributed by atoms with Crippen molar-refractivity contribution in [1.29, 1.82) is 0 Å². The maximum atomic E-state index is 12.1. The molecule has 1 saturated heterocycles. The lowest BCUT2D eigenvalue weighted by Gasteiger charge is -2.17. The Hall–Kier alpha value is -3.60. The van der Waals surface area contributed by atoms with Gasteiger partial charge in [-0.2, -0.15) is 0 Å². The van der Waals surface area contributed by atoms with Crippen molar-refractivity contribution in [3.8, 4) is 11.4 Å². The number of aliphatic hydroxyl groups is 1. The standard InChI is InChI=1S/C24H24ClN7O3/c1-13(14-6-4-3-5-7-14)29-22-19-23(31-21(30-22)15-8-16(25)11-27-10-15)32(12-28-19)18-9-17(33)20(35-18)24(34)26-2/h3-8,10-13,17-18,20,33H,9H2,1-2H3,(H,26,34)(H,29,30,31)/t13-,17+,18-,20+/m1/s1. The van der Waals surface area contributed by atoms with E-state index in [-0.39, 0.29) is 18.4 Å². The van der Waals surface area contributed by atoms with Crippen molar-refractivity contribution in [3.05, 3.63) is 65.7 Å². The van der Waals surface area contributed by atoms with E-state index in [2.05, 4.69) is 20.6 Å². The Bertz CT molecular complexity index is 1360. The molecule has 1 aliphatic heterocycles. The number of anilines is 1. The number of hydrogen-bond donors (Lipinski definition) is 3. The quantitative estimate of drug-likeness (QED) is 0.374. The van der Waals surface area contributed by atoms with Crippen molar-refractivity contribution in [2.45, 2.75) is 37.8 Å². The van der Waals surface area contributed by atoms with Gasteiger partial charge in [0.15, 0.2) is 28.9 Å². The summed E-state index contributed by atoms with van der Waals surface area (Å²) in [4.78, 5) is 30.3. The molecular weight excluding hydrogens is 470 g/mol. The monoisotopic (exact) mass is 493 g/mol. The molecule has 0 aliphatic carbocycles. The first kappa shape index (κ1) is 23.2. The number of nitrogens with zero attached hydrogens (tertiary/aromatic N) is 5. The summed E-state index contributed by atoms with van der Waals surface area (Å²) in [5.41, 5.74) is 2.75. The van der Waals surface area contributed by atoms with Gasteiger partial charge in [0.2, 0.25) is 0 Å². The summed E-state index contributed by atoms with van der Waals surface area (Å²) >= 11 is 6.17. The summed E-state index contributed by atoms with van der Waals surface area (Å²) in [6.07, 6.45) is 2.42. The highest BCUT2D eigenvalue weighted by molar-refractivity contribution is 6.30. The van der Waals surface area contributed by atoms with Crippen LogP contribution in [0.4, 0.5) is 5.82 Å². The second-order valence-corrected chi connectivity index (χ2v) is 8.75. The van der Waals surface area contributed by atoms with Crippen molar-refractivity contribution in [2.24, 2.45) is 0 Å². The Morgan fingerprint density at radius 1 is 1.26 bits per heavy atom. The van der Waals surface area contributed by atoms with E-state index in [0.717, 1.165) is 5.56 Å². The summed E-state index contributed by atoms with van der Waals surface area (Å²) in [5.74, 6) is 0.545. The Balaban J connectivity index is 1.58. The van der Waals surface area contributed by atoms with E-state index in [1.54, 1.807) is 23.2 Å². The van der Waals surface area contributed by atoms with Gasteiger partial charge in [0, 0.05) is 31.4 Å². The number of ether oxygens (including phenoxy) is 1. The minimum atomic E-state index is -0.975. The van der Waals surface area contributed by atoms with E-state index in [1.165, 1.54) is 13.2 Å². The van der Waals surface area contributed by atoms with Crippen LogP contribution in [0.3, 0.4) is 0 Å². The van der Waals surface area contributed by atoms with Crippen LogP contribution in [0.2, 0.25) is 5.02 Å². The van der Waals surface area contributed by atoms with Crippen LogP contribution in [0.15, 0.2) is 55.1 Å². The third-order valence-corrected chi connectivity index (χ3v) is 6.16. The molecule has 0 unspecified atom stereocenters. The lowest BCUT2D eigenvalue weighted by atomic mass is 10.1. The molecule has 11 heteroatoms. The normalized spacial score (nSPS) is 20.6. The van der Waals surface area contributed by atoms with Gasteiger partial charge in [-0.15, -0.1) is 0 Å². The highest BCUT2D eigenvalue weighted by Gasteiger charge is 2.40. The third-order valence-electron chi connectivity index (χ3n) is 5.95. The van der Waals surface area contributed by atoms with Crippen LogP contribution in [-0.4, -0.2) is 54.8 Å². The van der Waals surface area contributed by atoms with Crippen LogP contribution in [0.5, 0.6) is 0 Å². The van der Waals surface area contributed by atoms with Crippen molar-refractivity contribution < 1.29 is 14.6 Å². The molecule has 4 atom stereocenters. The Morgan fingerprint density at radius 3 is 2.80 bits per heavy atom. The topological polar surface area (TPSA) is 127 Å². The first-order valence-electron chi connectivity index (χ1n) is 11.2. The second-order valence-electron chi connectivity index (χ2n) is 8.32. The second kappa shape index (κ2) is 9.57. The zero-order valence-electron chi connectivity index (χ0n) is 19.1. The largest absolute Gasteiger partial charge is 0.390 e. The molecule has 3 N–H and O–H groups in total. The number of nitrogens with one attached hydrogen (secondary N) is 2. The van der Waals surface area contributed by atoms with Crippen LogP contribution in [0.25, 0.3) is 22.6 Å². The number of carbonyl (C=O) groups excluding carboxylic acids is 1. The number of likely N-dealkylation sites (N-methyl/N-ethyl adjacent to an activating group) is 1. The SMILES string of the molecule is CNC(=O)[C@H]1O[C@@H](n2cnc3c(N[C@H](C)c4ccccc4)nc(-c4cncc(Cl)c4)nc32)C[C@@H]1O. The average molecular weight is 494 g/mol. The minimum Gasteiger partial charge on any atom is -0.390 e. The van der Waals surface area contributed by atoms with Gasteiger partial charge in [-0.3, -0.25) is 14.3 Å². The predicted octanol–water partition coefficient (Wildman–Crippen LogP) is 3.11. The summed E-state index contributed by atoms with van der Waals surface area (Å²) < 4.78 is 7.59. The average Bonchev–Trinajstić information content (AvgIpc) is 3.47. The number of aliphatic hydroxyl groups excluding tert-OH is 1. The smallest absolute Gasteiger partial charge is 0.251 e. The molecule has 0 saturated carbocycles. The number of carbonyl (C=O) groups is 1. The molecule has 1 fully saturated rings. The molecule has 1 aliphatic rings. The van der Waals surface area contributed by atoms with E-state index >= 15 is 0 Å².